The van der Waals surface area contributed by atoms with Crippen LogP contribution in [0.1, 0.15) is 29.2 Å². The number of hydrogen-bond acceptors (Lipinski definition) is 2. The Labute approximate surface area is 121 Å². The first-order valence-corrected chi connectivity index (χ1v) is 6.44. The van der Waals surface area contributed by atoms with Crippen molar-refractivity contribution in [1.82, 2.24) is 0 Å². The third-order valence-electron chi connectivity index (χ3n) is 3.25. The predicted molar refractivity (Wildman–Crippen MR) is 74.5 cm³/mol. The van der Waals surface area contributed by atoms with Crippen molar-refractivity contribution in [3.05, 3.63) is 70.8 Å². The van der Waals surface area contributed by atoms with Crippen molar-refractivity contribution < 1.29 is 18.3 Å². The second-order valence-corrected chi connectivity index (χ2v) is 5.14. The first-order chi connectivity index (χ1) is 9.69. The third-order valence-corrected chi connectivity index (χ3v) is 3.25. The molecule has 0 heterocycles. The van der Waals surface area contributed by atoms with Gasteiger partial charge in [-0.25, -0.2) is 0 Å². The fourth-order valence-corrected chi connectivity index (χ4v) is 2.32. The minimum Gasteiger partial charge on any atom is -0.372 e. The molecule has 0 saturated heterocycles. The van der Waals surface area contributed by atoms with Crippen molar-refractivity contribution in [3.8, 4) is 0 Å². The standard InChI is InChI=1S/C16H16F3NO/c1-15(20,21)13-8-5-9-14(16(17,18)19)12(13)10-11-6-3-2-4-7-11/h2-9,21H,10,20H2,1H3. The number of hydrogen-bond donors (Lipinski definition) is 2. The summed E-state index contributed by atoms with van der Waals surface area (Å²) in [7, 11) is 0. The van der Waals surface area contributed by atoms with Gasteiger partial charge in [-0.1, -0.05) is 42.5 Å². The van der Waals surface area contributed by atoms with Crippen molar-refractivity contribution in [1.29, 1.82) is 0 Å². The van der Waals surface area contributed by atoms with Crippen LogP contribution in [0.3, 0.4) is 0 Å². The summed E-state index contributed by atoms with van der Waals surface area (Å²) in [4.78, 5) is 0. The van der Waals surface area contributed by atoms with E-state index >= 15 is 0 Å². The van der Waals surface area contributed by atoms with Gasteiger partial charge in [-0.3, -0.25) is 0 Å². The summed E-state index contributed by atoms with van der Waals surface area (Å²) in [5, 5.41) is 9.95. The van der Waals surface area contributed by atoms with E-state index in [4.69, 9.17) is 5.73 Å². The zero-order valence-corrected chi connectivity index (χ0v) is 11.5. The van der Waals surface area contributed by atoms with Gasteiger partial charge in [0.05, 0.1) is 5.56 Å². The molecular weight excluding hydrogens is 279 g/mol. The molecule has 0 aliphatic rings. The highest BCUT2D eigenvalue weighted by Crippen LogP contribution is 2.36. The molecular formula is C16H16F3NO. The van der Waals surface area contributed by atoms with Gasteiger partial charge in [0.15, 0.2) is 0 Å². The molecule has 0 amide bonds. The van der Waals surface area contributed by atoms with Gasteiger partial charge in [0.1, 0.15) is 5.72 Å². The minimum atomic E-state index is -4.49. The molecule has 3 N–H and O–H groups in total. The topological polar surface area (TPSA) is 46.2 Å². The van der Waals surface area contributed by atoms with Crippen molar-refractivity contribution in [2.24, 2.45) is 5.73 Å². The van der Waals surface area contributed by atoms with Crippen LogP contribution in [0.2, 0.25) is 0 Å². The molecule has 0 aromatic heterocycles. The normalized spacial score (nSPS) is 14.8. The minimum absolute atomic E-state index is 0.00343. The third kappa shape index (κ3) is 3.62. The first kappa shape index (κ1) is 15.5. The molecule has 21 heavy (non-hydrogen) atoms. The van der Waals surface area contributed by atoms with Crippen LogP contribution in [0.15, 0.2) is 48.5 Å². The Morgan fingerprint density at radius 1 is 0.952 bits per heavy atom. The zero-order chi connectivity index (χ0) is 15.7. The number of rotatable bonds is 3. The van der Waals surface area contributed by atoms with E-state index in [2.05, 4.69) is 0 Å². The summed E-state index contributed by atoms with van der Waals surface area (Å²) in [5.41, 5.74) is 3.82. The number of benzene rings is 2. The quantitative estimate of drug-likeness (QED) is 0.852. The highest BCUT2D eigenvalue weighted by Gasteiger charge is 2.36. The van der Waals surface area contributed by atoms with Gasteiger partial charge in [0.2, 0.25) is 0 Å². The van der Waals surface area contributed by atoms with Gasteiger partial charge in [-0.05, 0) is 30.5 Å². The smallest absolute Gasteiger partial charge is 0.372 e. The molecule has 2 aromatic rings. The molecule has 2 rings (SSSR count). The molecule has 0 spiro atoms. The summed E-state index contributed by atoms with van der Waals surface area (Å²) >= 11 is 0. The van der Waals surface area contributed by atoms with E-state index in [1.807, 2.05) is 0 Å². The van der Waals surface area contributed by atoms with Crippen LogP contribution in [0.4, 0.5) is 13.2 Å². The van der Waals surface area contributed by atoms with E-state index < -0.39 is 17.5 Å². The van der Waals surface area contributed by atoms with Gasteiger partial charge in [-0.2, -0.15) is 13.2 Å². The lowest BCUT2D eigenvalue weighted by Crippen LogP contribution is -2.34. The maximum absolute atomic E-state index is 13.2. The molecule has 1 atom stereocenters. The van der Waals surface area contributed by atoms with Crippen LogP contribution in [-0.2, 0) is 18.3 Å². The fourth-order valence-electron chi connectivity index (χ4n) is 2.32. The van der Waals surface area contributed by atoms with Crippen molar-refractivity contribution >= 4 is 0 Å². The predicted octanol–water partition coefficient (Wildman–Crippen LogP) is 3.42. The SMILES string of the molecule is CC(N)(O)c1cccc(C(F)(F)F)c1Cc1ccccc1. The van der Waals surface area contributed by atoms with Gasteiger partial charge in [-0.15, -0.1) is 0 Å². The molecule has 2 aromatic carbocycles. The molecule has 5 heteroatoms. The van der Waals surface area contributed by atoms with Crippen LogP contribution in [-0.4, -0.2) is 5.11 Å². The van der Waals surface area contributed by atoms with E-state index in [1.165, 1.54) is 19.1 Å². The van der Waals surface area contributed by atoms with Gasteiger partial charge in [0, 0.05) is 5.56 Å². The Kier molecular flexibility index (Phi) is 4.07. The van der Waals surface area contributed by atoms with Crippen molar-refractivity contribution in [2.45, 2.75) is 25.2 Å². The van der Waals surface area contributed by atoms with Crippen molar-refractivity contribution in [2.75, 3.05) is 0 Å². The van der Waals surface area contributed by atoms with Crippen LogP contribution >= 0.6 is 0 Å². The van der Waals surface area contributed by atoms with E-state index in [-0.39, 0.29) is 17.5 Å². The molecule has 0 saturated carbocycles. The number of aliphatic hydroxyl groups is 1. The van der Waals surface area contributed by atoms with Crippen LogP contribution in [0, 0.1) is 0 Å². The first-order valence-electron chi connectivity index (χ1n) is 6.44. The van der Waals surface area contributed by atoms with Gasteiger partial charge >= 0.3 is 6.18 Å². The average molecular weight is 295 g/mol. The molecule has 112 valence electrons. The molecule has 0 radical (unpaired) electrons. The summed E-state index contributed by atoms with van der Waals surface area (Å²) < 4.78 is 39.6. The molecule has 0 aliphatic heterocycles. The lowest BCUT2D eigenvalue weighted by molar-refractivity contribution is -0.138. The van der Waals surface area contributed by atoms with Crippen LogP contribution in [0.5, 0.6) is 0 Å². The largest absolute Gasteiger partial charge is 0.416 e. The van der Waals surface area contributed by atoms with E-state index in [0.29, 0.717) is 0 Å². The maximum Gasteiger partial charge on any atom is 0.416 e. The Hall–Kier alpha value is -1.85. The summed E-state index contributed by atoms with van der Waals surface area (Å²) in [5.74, 6) is 0. The lowest BCUT2D eigenvalue weighted by Gasteiger charge is -2.24. The van der Waals surface area contributed by atoms with Gasteiger partial charge in [0.25, 0.3) is 0 Å². The zero-order valence-electron chi connectivity index (χ0n) is 11.5. The van der Waals surface area contributed by atoms with E-state index in [0.717, 1.165) is 11.6 Å². The van der Waals surface area contributed by atoms with Crippen molar-refractivity contribution in [3.63, 3.8) is 0 Å². The van der Waals surface area contributed by atoms with E-state index in [9.17, 15) is 18.3 Å². The molecule has 0 fully saturated rings. The van der Waals surface area contributed by atoms with Gasteiger partial charge < -0.3 is 10.8 Å². The lowest BCUT2D eigenvalue weighted by atomic mass is 9.90. The second-order valence-electron chi connectivity index (χ2n) is 5.14. The second kappa shape index (κ2) is 5.50. The fraction of sp³-hybridized carbons (Fsp3) is 0.250. The Balaban J connectivity index is 2.59. The monoisotopic (exact) mass is 295 g/mol. The molecule has 1 unspecified atom stereocenters. The van der Waals surface area contributed by atoms with E-state index in [1.54, 1.807) is 30.3 Å². The Morgan fingerprint density at radius 2 is 1.52 bits per heavy atom. The Morgan fingerprint density at radius 3 is 2.05 bits per heavy atom. The summed E-state index contributed by atoms with van der Waals surface area (Å²) in [6.07, 6.45) is -4.44. The average Bonchev–Trinajstić information content (AvgIpc) is 2.37. The number of alkyl halides is 3. The maximum atomic E-state index is 13.2. The number of halogens is 3. The highest BCUT2D eigenvalue weighted by molar-refractivity contribution is 5.43. The summed E-state index contributed by atoms with van der Waals surface area (Å²) in [6.45, 7) is 1.27. The van der Waals surface area contributed by atoms with Crippen LogP contribution in [0.25, 0.3) is 0 Å². The molecule has 0 aliphatic carbocycles. The summed E-state index contributed by atoms with van der Waals surface area (Å²) in [6, 6.07) is 12.5. The number of nitrogens with two attached hydrogens (primary N) is 1. The molecule has 2 nitrogen and oxygen atoms in total. The Bertz CT molecular complexity index is 583. The van der Waals surface area contributed by atoms with Crippen LogP contribution < -0.4 is 5.73 Å². The highest BCUT2D eigenvalue weighted by atomic mass is 19.4. The molecule has 0 bridgehead atoms.